The molecule has 3 nitrogen and oxygen atoms in total. The molecular weight excluding hydrogens is 176 g/mol. The Labute approximate surface area is 88.6 Å². The normalized spacial score (nSPS) is 15.9. The summed E-state index contributed by atoms with van der Waals surface area (Å²) in [5.41, 5.74) is 5.96. The van der Waals surface area contributed by atoms with Gasteiger partial charge in [0.15, 0.2) is 0 Å². The Hall–Kier alpha value is -0.120. The summed E-state index contributed by atoms with van der Waals surface area (Å²) in [6.07, 6.45) is 2.18. The van der Waals surface area contributed by atoms with Crippen molar-refractivity contribution >= 4 is 0 Å². The SMILES string of the molecule is CCCN(CC)C(C)(CN)CCOC. The number of hydrogen-bond acceptors (Lipinski definition) is 3. The molecule has 0 aromatic rings. The average Bonchev–Trinajstić information content (AvgIpc) is 2.22. The highest BCUT2D eigenvalue weighted by Crippen LogP contribution is 2.18. The first-order valence-electron chi connectivity index (χ1n) is 5.58. The zero-order valence-corrected chi connectivity index (χ0v) is 10.2. The third-order valence-corrected chi connectivity index (χ3v) is 2.92. The van der Waals surface area contributed by atoms with Gasteiger partial charge in [-0.1, -0.05) is 13.8 Å². The zero-order valence-electron chi connectivity index (χ0n) is 10.2. The Bertz CT molecular complexity index is 141. The highest BCUT2D eigenvalue weighted by molar-refractivity contribution is 4.86. The van der Waals surface area contributed by atoms with Crippen LogP contribution in [-0.2, 0) is 4.74 Å². The second-order valence-corrected chi connectivity index (χ2v) is 4.02. The first-order chi connectivity index (χ1) is 6.64. The summed E-state index contributed by atoms with van der Waals surface area (Å²) in [6.45, 7) is 10.3. The molecule has 0 bridgehead atoms. The second-order valence-electron chi connectivity index (χ2n) is 4.02. The van der Waals surface area contributed by atoms with Crippen molar-refractivity contribution in [3.63, 3.8) is 0 Å². The van der Waals surface area contributed by atoms with Gasteiger partial charge < -0.3 is 10.5 Å². The van der Waals surface area contributed by atoms with E-state index in [1.54, 1.807) is 7.11 Å². The molecule has 14 heavy (non-hydrogen) atoms. The summed E-state index contributed by atoms with van der Waals surface area (Å²) >= 11 is 0. The molecule has 0 aliphatic heterocycles. The van der Waals surface area contributed by atoms with Crippen LogP contribution in [0.5, 0.6) is 0 Å². The van der Waals surface area contributed by atoms with Crippen LogP contribution >= 0.6 is 0 Å². The van der Waals surface area contributed by atoms with Gasteiger partial charge in [0.2, 0.25) is 0 Å². The molecule has 0 rings (SSSR count). The fourth-order valence-electron chi connectivity index (χ4n) is 1.79. The summed E-state index contributed by atoms with van der Waals surface area (Å²) in [5.74, 6) is 0. The van der Waals surface area contributed by atoms with E-state index in [0.717, 1.165) is 26.1 Å². The van der Waals surface area contributed by atoms with Crippen molar-refractivity contribution in [2.45, 2.75) is 39.2 Å². The molecule has 0 aromatic heterocycles. The lowest BCUT2D eigenvalue weighted by Crippen LogP contribution is -2.52. The van der Waals surface area contributed by atoms with Crippen LogP contribution in [0.4, 0.5) is 0 Å². The number of nitrogens with zero attached hydrogens (tertiary/aromatic N) is 1. The molecule has 0 aliphatic carbocycles. The molecule has 0 saturated carbocycles. The molecule has 0 spiro atoms. The topological polar surface area (TPSA) is 38.5 Å². The van der Waals surface area contributed by atoms with E-state index in [-0.39, 0.29) is 5.54 Å². The maximum Gasteiger partial charge on any atom is 0.0480 e. The van der Waals surface area contributed by atoms with E-state index in [2.05, 4.69) is 25.7 Å². The minimum absolute atomic E-state index is 0.0980. The number of ether oxygens (including phenoxy) is 1. The predicted octanol–water partition coefficient (Wildman–Crippen LogP) is 1.47. The Morgan fingerprint density at radius 3 is 2.36 bits per heavy atom. The molecule has 0 aliphatic rings. The van der Waals surface area contributed by atoms with Gasteiger partial charge in [-0.05, 0) is 32.9 Å². The van der Waals surface area contributed by atoms with Crippen molar-refractivity contribution < 1.29 is 4.74 Å². The molecule has 0 radical (unpaired) electrons. The molecule has 1 atom stereocenters. The predicted molar refractivity (Wildman–Crippen MR) is 61.5 cm³/mol. The lowest BCUT2D eigenvalue weighted by molar-refractivity contribution is 0.0726. The van der Waals surface area contributed by atoms with Gasteiger partial charge in [-0.15, -0.1) is 0 Å². The van der Waals surface area contributed by atoms with Crippen LogP contribution < -0.4 is 5.73 Å². The van der Waals surface area contributed by atoms with Gasteiger partial charge in [-0.25, -0.2) is 0 Å². The van der Waals surface area contributed by atoms with Gasteiger partial charge >= 0.3 is 0 Å². The van der Waals surface area contributed by atoms with Crippen LogP contribution in [0.2, 0.25) is 0 Å². The van der Waals surface area contributed by atoms with Crippen molar-refractivity contribution in [1.29, 1.82) is 0 Å². The molecule has 0 saturated heterocycles. The Morgan fingerprint density at radius 2 is 2.00 bits per heavy atom. The summed E-state index contributed by atoms with van der Waals surface area (Å²) in [5, 5.41) is 0. The third kappa shape index (κ3) is 3.95. The first kappa shape index (κ1) is 13.9. The highest BCUT2D eigenvalue weighted by atomic mass is 16.5. The van der Waals surface area contributed by atoms with Crippen LogP contribution in [-0.4, -0.2) is 43.8 Å². The smallest absolute Gasteiger partial charge is 0.0480 e. The fraction of sp³-hybridized carbons (Fsp3) is 1.00. The van der Waals surface area contributed by atoms with Crippen molar-refractivity contribution in [1.82, 2.24) is 4.90 Å². The molecule has 86 valence electrons. The highest BCUT2D eigenvalue weighted by Gasteiger charge is 2.28. The van der Waals surface area contributed by atoms with Crippen molar-refractivity contribution in [3.05, 3.63) is 0 Å². The quantitative estimate of drug-likeness (QED) is 0.648. The summed E-state index contributed by atoms with van der Waals surface area (Å²) < 4.78 is 5.13. The van der Waals surface area contributed by atoms with E-state index in [1.165, 1.54) is 6.42 Å². The van der Waals surface area contributed by atoms with E-state index < -0.39 is 0 Å². The van der Waals surface area contributed by atoms with Crippen molar-refractivity contribution in [2.75, 3.05) is 33.4 Å². The average molecular weight is 202 g/mol. The molecule has 2 N–H and O–H groups in total. The molecule has 0 aromatic carbocycles. The van der Waals surface area contributed by atoms with Crippen LogP contribution in [0, 0.1) is 0 Å². The fourth-order valence-corrected chi connectivity index (χ4v) is 1.79. The number of nitrogens with two attached hydrogens (primary N) is 1. The molecule has 0 heterocycles. The molecule has 0 fully saturated rings. The molecule has 3 heteroatoms. The van der Waals surface area contributed by atoms with Crippen LogP contribution in [0.15, 0.2) is 0 Å². The summed E-state index contributed by atoms with van der Waals surface area (Å²) in [4.78, 5) is 2.45. The maximum absolute atomic E-state index is 5.86. The van der Waals surface area contributed by atoms with Crippen LogP contribution in [0.1, 0.15) is 33.6 Å². The van der Waals surface area contributed by atoms with E-state index >= 15 is 0 Å². The molecular formula is C11H26N2O. The second kappa shape index (κ2) is 7.21. The Morgan fingerprint density at radius 1 is 1.36 bits per heavy atom. The molecule has 0 amide bonds. The number of methoxy groups -OCH3 is 1. The number of hydrogen-bond donors (Lipinski definition) is 1. The minimum atomic E-state index is 0.0980. The van der Waals surface area contributed by atoms with Gasteiger partial charge in [-0.3, -0.25) is 4.90 Å². The van der Waals surface area contributed by atoms with Gasteiger partial charge in [0.25, 0.3) is 0 Å². The van der Waals surface area contributed by atoms with E-state index in [0.29, 0.717) is 6.54 Å². The van der Waals surface area contributed by atoms with E-state index in [4.69, 9.17) is 10.5 Å². The monoisotopic (exact) mass is 202 g/mol. The van der Waals surface area contributed by atoms with E-state index in [1.807, 2.05) is 0 Å². The minimum Gasteiger partial charge on any atom is -0.385 e. The summed E-state index contributed by atoms with van der Waals surface area (Å²) in [6, 6.07) is 0. The zero-order chi connectivity index (χ0) is 11.0. The largest absolute Gasteiger partial charge is 0.385 e. The lowest BCUT2D eigenvalue weighted by atomic mass is 9.95. The van der Waals surface area contributed by atoms with Crippen LogP contribution in [0.25, 0.3) is 0 Å². The van der Waals surface area contributed by atoms with Crippen molar-refractivity contribution in [2.24, 2.45) is 5.73 Å². The van der Waals surface area contributed by atoms with E-state index in [9.17, 15) is 0 Å². The number of rotatable bonds is 8. The standard InChI is InChI=1S/C11H26N2O/c1-5-8-13(6-2)11(3,10-12)7-9-14-4/h5-10,12H2,1-4H3. The van der Waals surface area contributed by atoms with Gasteiger partial charge in [-0.2, -0.15) is 0 Å². The van der Waals surface area contributed by atoms with Crippen molar-refractivity contribution in [3.8, 4) is 0 Å². The van der Waals surface area contributed by atoms with Gasteiger partial charge in [0.05, 0.1) is 0 Å². The van der Waals surface area contributed by atoms with Gasteiger partial charge in [0.1, 0.15) is 0 Å². The van der Waals surface area contributed by atoms with Crippen LogP contribution in [0.3, 0.4) is 0 Å². The summed E-state index contributed by atoms with van der Waals surface area (Å²) in [7, 11) is 1.74. The van der Waals surface area contributed by atoms with Gasteiger partial charge in [0, 0.05) is 25.8 Å². The molecule has 1 unspecified atom stereocenters. The number of likely N-dealkylation sites (N-methyl/N-ethyl adjacent to an activating group) is 1. The maximum atomic E-state index is 5.86. The lowest BCUT2D eigenvalue weighted by Gasteiger charge is -2.40. The third-order valence-electron chi connectivity index (χ3n) is 2.92. The Kier molecular flexibility index (Phi) is 7.15. The first-order valence-corrected chi connectivity index (χ1v) is 5.58. The Balaban J connectivity index is 4.28.